The molecule has 5 heteroatoms. The molecule has 0 saturated carbocycles. The molecule has 5 nitrogen and oxygen atoms in total. The maximum Gasteiger partial charge on any atom is 0.292 e. The number of nitrogens with one attached hydrogen (secondary N) is 1. The molecular weight excluding hydrogens is 316 g/mol. The van der Waals surface area contributed by atoms with E-state index in [1.54, 1.807) is 18.2 Å². The van der Waals surface area contributed by atoms with Gasteiger partial charge >= 0.3 is 0 Å². The quantitative estimate of drug-likeness (QED) is 0.725. The summed E-state index contributed by atoms with van der Waals surface area (Å²) in [4.78, 5) is 16.4. The van der Waals surface area contributed by atoms with Crippen LogP contribution in [-0.2, 0) is 13.0 Å². The maximum absolute atomic E-state index is 12.2. The first-order valence-electron chi connectivity index (χ1n) is 8.19. The molecule has 2 heterocycles. The zero-order valence-electron chi connectivity index (χ0n) is 14.3. The standard InChI is InChI=1S/C20H20N2O3/c1-3-15-7-9-16(10-8-15)24-13-17-11-12-18(25-17)20(23)22-19-6-4-5-14(2)21-19/h4-12H,3,13H2,1-2H3,(H,21,22,23). The van der Waals surface area contributed by atoms with Gasteiger partial charge < -0.3 is 14.5 Å². The van der Waals surface area contributed by atoms with Crippen LogP contribution in [0.4, 0.5) is 5.82 Å². The molecular formula is C20H20N2O3. The van der Waals surface area contributed by atoms with Gasteiger partial charge in [-0.15, -0.1) is 0 Å². The Morgan fingerprint density at radius 2 is 1.92 bits per heavy atom. The topological polar surface area (TPSA) is 64.4 Å². The molecule has 1 amide bonds. The van der Waals surface area contributed by atoms with Gasteiger partial charge in [0.25, 0.3) is 5.91 Å². The molecule has 3 aromatic rings. The molecule has 0 aliphatic carbocycles. The summed E-state index contributed by atoms with van der Waals surface area (Å²) in [5.74, 6) is 1.74. The number of carbonyl (C=O) groups is 1. The largest absolute Gasteiger partial charge is 0.486 e. The number of aryl methyl sites for hydroxylation is 2. The molecule has 0 unspecified atom stereocenters. The summed E-state index contributed by atoms with van der Waals surface area (Å²) in [5, 5.41) is 2.71. The SMILES string of the molecule is CCc1ccc(OCc2ccc(C(=O)Nc3cccc(C)n3)o2)cc1. The van der Waals surface area contributed by atoms with Gasteiger partial charge in [-0.25, -0.2) is 4.98 Å². The zero-order valence-corrected chi connectivity index (χ0v) is 14.3. The number of aromatic nitrogens is 1. The van der Waals surface area contributed by atoms with Gasteiger partial charge in [-0.3, -0.25) is 4.79 Å². The molecule has 0 bridgehead atoms. The number of rotatable bonds is 6. The molecule has 0 spiro atoms. The zero-order chi connectivity index (χ0) is 17.6. The number of ether oxygens (including phenoxy) is 1. The van der Waals surface area contributed by atoms with E-state index in [9.17, 15) is 4.79 Å². The van der Waals surface area contributed by atoms with Gasteiger partial charge in [-0.2, -0.15) is 0 Å². The minimum atomic E-state index is -0.336. The highest BCUT2D eigenvalue weighted by Crippen LogP contribution is 2.16. The number of carbonyl (C=O) groups excluding carboxylic acids is 1. The Hall–Kier alpha value is -3.08. The van der Waals surface area contributed by atoms with Gasteiger partial charge in [0.15, 0.2) is 5.76 Å². The normalized spacial score (nSPS) is 10.5. The molecule has 128 valence electrons. The fourth-order valence-corrected chi connectivity index (χ4v) is 2.34. The van der Waals surface area contributed by atoms with Crippen LogP contribution in [0.2, 0.25) is 0 Å². The molecule has 1 aromatic carbocycles. The average molecular weight is 336 g/mol. The highest BCUT2D eigenvalue weighted by atomic mass is 16.5. The van der Waals surface area contributed by atoms with Crippen LogP contribution >= 0.6 is 0 Å². The van der Waals surface area contributed by atoms with Crippen LogP contribution in [0.1, 0.15) is 34.5 Å². The van der Waals surface area contributed by atoms with Gasteiger partial charge in [-0.05, 0) is 55.3 Å². The Balaban J connectivity index is 1.58. The molecule has 2 aromatic heterocycles. The van der Waals surface area contributed by atoms with E-state index >= 15 is 0 Å². The van der Waals surface area contributed by atoms with E-state index in [4.69, 9.17) is 9.15 Å². The van der Waals surface area contributed by atoms with Gasteiger partial charge in [0.1, 0.15) is 23.9 Å². The van der Waals surface area contributed by atoms with Gasteiger partial charge in [-0.1, -0.05) is 25.1 Å². The number of benzene rings is 1. The maximum atomic E-state index is 12.2. The van der Waals surface area contributed by atoms with Crippen LogP contribution < -0.4 is 10.1 Å². The van der Waals surface area contributed by atoms with Crippen LogP contribution in [0.3, 0.4) is 0 Å². The summed E-state index contributed by atoms with van der Waals surface area (Å²) < 4.78 is 11.2. The summed E-state index contributed by atoms with van der Waals surface area (Å²) in [6.07, 6.45) is 0.993. The van der Waals surface area contributed by atoms with E-state index in [1.807, 2.05) is 43.3 Å². The summed E-state index contributed by atoms with van der Waals surface area (Å²) in [7, 11) is 0. The van der Waals surface area contributed by atoms with Crippen LogP contribution in [0.25, 0.3) is 0 Å². The number of amides is 1. The third-order valence-corrected chi connectivity index (χ3v) is 3.73. The Morgan fingerprint density at radius 1 is 1.12 bits per heavy atom. The molecule has 1 N–H and O–H groups in total. The average Bonchev–Trinajstić information content (AvgIpc) is 3.09. The minimum absolute atomic E-state index is 0.225. The highest BCUT2D eigenvalue weighted by molar-refractivity contribution is 6.01. The van der Waals surface area contributed by atoms with Gasteiger partial charge in [0.05, 0.1) is 0 Å². The van der Waals surface area contributed by atoms with E-state index < -0.39 is 0 Å². The number of nitrogens with zero attached hydrogens (tertiary/aromatic N) is 1. The third-order valence-electron chi connectivity index (χ3n) is 3.73. The lowest BCUT2D eigenvalue weighted by atomic mass is 10.2. The van der Waals surface area contributed by atoms with Crippen LogP contribution in [0.5, 0.6) is 5.75 Å². The summed E-state index contributed by atoms with van der Waals surface area (Å²) in [6.45, 7) is 4.24. The lowest BCUT2D eigenvalue weighted by molar-refractivity contribution is 0.0992. The van der Waals surface area contributed by atoms with Gasteiger partial charge in [0.2, 0.25) is 0 Å². The van der Waals surface area contributed by atoms with Crippen molar-refractivity contribution in [3.8, 4) is 5.75 Å². The molecule has 0 saturated heterocycles. The van der Waals surface area contributed by atoms with Crippen molar-refractivity contribution in [3.63, 3.8) is 0 Å². The molecule has 25 heavy (non-hydrogen) atoms. The number of anilines is 1. The Bertz CT molecular complexity index is 853. The van der Waals surface area contributed by atoms with Crippen molar-refractivity contribution in [3.05, 3.63) is 77.4 Å². The van der Waals surface area contributed by atoms with Crippen LogP contribution in [0.15, 0.2) is 59.0 Å². The van der Waals surface area contributed by atoms with Crippen molar-refractivity contribution in [2.24, 2.45) is 0 Å². The molecule has 0 aliphatic rings. The summed E-state index contributed by atoms with van der Waals surface area (Å²) in [6, 6.07) is 16.7. The second kappa shape index (κ2) is 7.66. The summed E-state index contributed by atoms with van der Waals surface area (Å²) in [5.41, 5.74) is 2.09. The van der Waals surface area contributed by atoms with Crippen molar-refractivity contribution in [2.45, 2.75) is 26.9 Å². The molecule has 0 atom stereocenters. The smallest absolute Gasteiger partial charge is 0.292 e. The predicted octanol–water partition coefficient (Wildman–Crippen LogP) is 4.38. The van der Waals surface area contributed by atoms with E-state index in [2.05, 4.69) is 17.2 Å². The molecule has 3 rings (SSSR count). The first kappa shape index (κ1) is 16.8. The first-order chi connectivity index (χ1) is 12.1. The van der Waals surface area contributed by atoms with Crippen molar-refractivity contribution in [1.29, 1.82) is 0 Å². The predicted molar refractivity (Wildman–Crippen MR) is 95.8 cm³/mol. The van der Waals surface area contributed by atoms with Crippen LogP contribution in [0, 0.1) is 6.92 Å². The number of hydrogen-bond acceptors (Lipinski definition) is 4. The minimum Gasteiger partial charge on any atom is -0.486 e. The van der Waals surface area contributed by atoms with Crippen molar-refractivity contribution in [2.75, 3.05) is 5.32 Å². The van der Waals surface area contributed by atoms with E-state index in [-0.39, 0.29) is 18.3 Å². The fourth-order valence-electron chi connectivity index (χ4n) is 2.34. The Morgan fingerprint density at radius 3 is 2.64 bits per heavy atom. The molecule has 0 aliphatic heterocycles. The summed E-state index contributed by atoms with van der Waals surface area (Å²) >= 11 is 0. The molecule has 0 radical (unpaired) electrons. The second-order valence-corrected chi connectivity index (χ2v) is 5.67. The fraction of sp³-hybridized carbons (Fsp3) is 0.200. The van der Waals surface area contributed by atoms with E-state index in [0.29, 0.717) is 11.6 Å². The van der Waals surface area contributed by atoms with Gasteiger partial charge in [0, 0.05) is 5.69 Å². The monoisotopic (exact) mass is 336 g/mol. The van der Waals surface area contributed by atoms with Crippen molar-refractivity contribution >= 4 is 11.7 Å². The number of furan rings is 1. The lowest BCUT2D eigenvalue weighted by Crippen LogP contribution is -2.12. The highest BCUT2D eigenvalue weighted by Gasteiger charge is 2.12. The van der Waals surface area contributed by atoms with Crippen molar-refractivity contribution < 1.29 is 13.9 Å². The molecule has 0 fully saturated rings. The van der Waals surface area contributed by atoms with Crippen LogP contribution in [-0.4, -0.2) is 10.9 Å². The van der Waals surface area contributed by atoms with E-state index in [0.717, 1.165) is 17.9 Å². The van der Waals surface area contributed by atoms with E-state index in [1.165, 1.54) is 5.56 Å². The Kier molecular flexibility index (Phi) is 5.14. The lowest BCUT2D eigenvalue weighted by Gasteiger charge is -2.05. The second-order valence-electron chi connectivity index (χ2n) is 5.67. The number of pyridine rings is 1. The third kappa shape index (κ3) is 4.47. The van der Waals surface area contributed by atoms with Crippen molar-refractivity contribution in [1.82, 2.24) is 4.98 Å². The Labute approximate surface area is 146 Å². The number of hydrogen-bond donors (Lipinski definition) is 1. The first-order valence-corrected chi connectivity index (χ1v) is 8.19.